The van der Waals surface area contributed by atoms with Gasteiger partial charge in [-0.3, -0.25) is 4.98 Å². The van der Waals surface area contributed by atoms with E-state index in [-0.39, 0.29) is 0 Å². The van der Waals surface area contributed by atoms with Crippen LogP contribution in [0.25, 0.3) is 21.9 Å². The van der Waals surface area contributed by atoms with Crippen LogP contribution in [-0.2, 0) is 12.8 Å². The molecule has 0 saturated heterocycles. The first-order valence-corrected chi connectivity index (χ1v) is 7.56. The van der Waals surface area contributed by atoms with Crippen molar-refractivity contribution >= 4 is 21.9 Å². The summed E-state index contributed by atoms with van der Waals surface area (Å²) in [5.41, 5.74) is 6.95. The van der Waals surface area contributed by atoms with Crippen LogP contribution in [0.3, 0.4) is 0 Å². The molecule has 0 aliphatic heterocycles. The summed E-state index contributed by atoms with van der Waals surface area (Å²) in [6.07, 6.45) is 3.80. The van der Waals surface area contributed by atoms with Crippen LogP contribution in [0, 0.1) is 6.92 Å². The maximum Gasteiger partial charge on any atom is 0.0931 e. The van der Waals surface area contributed by atoms with E-state index in [2.05, 4.69) is 63.5 Å². The topological polar surface area (TPSA) is 41.6 Å². The fraction of sp³-hybridized carbons (Fsp3) is 0.158. The lowest BCUT2D eigenvalue weighted by molar-refractivity contribution is 0.963. The van der Waals surface area contributed by atoms with Gasteiger partial charge in [-0.05, 0) is 61.2 Å². The first-order chi connectivity index (χ1) is 10.8. The summed E-state index contributed by atoms with van der Waals surface area (Å²) in [6, 6.07) is 17.2. The van der Waals surface area contributed by atoms with Crippen molar-refractivity contribution in [2.45, 2.75) is 19.8 Å². The first-order valence-electron chi connectivity index (χ1n) is 7.56. The largest absolute Gasteiger partial charge is 0.345 e. The van der Waals surface area contributed by atoms with E-state index < -0.39 is 0 Å². The van der Waals surface area contributed by atoms with Crippen LogP contribution in [0.15, 0.2) is 54.9 Å². The summed E-state index contributed by atoms with van der Waals surface area (Å²) >= 11 is 0. The van der Waals surface area contributed by atoms with E-state index in [0.717, 1.165) is 35.1 Å². The summed E-state index contributed by atoms with van der Waals surface area (Å²) < 4.78 is 0. The molecule has 3 nitrogen and oxygen atoms in total. The number of rotatable bonds is 3. The van der Waals surface area contributed by atoms with E-state index in [0.29, 0.717) is 0 Å². The Balaban J connectivity index is 1.56. The number of aryl methyl sites for hydroxylation is 3. The molecular weight excluding hydrogens is 270 g/mol. The zero-order chi connectivity index (χ0) is 14.9. The van der Waals surface area contributed by atoms with Gasteiger partial charge in [0.25, 0.3) is 0 Å². The van der Waals surface area contributed by atoms with Crippen LogP contribution in [0.5, 0.6) is 0 Å². The zero-order valence-corrected chi connectivity index (χ0v) is 12.5. The Morgan fingerprint density at radius 1 is 0.864 bits per heavy atom. The number of benzene rings is 2. The zero-order valence-electron chi connectivity index (χ0n) is 12.5. The molecule has 0 aliphatic rings. The average Bonchev–Trinajstić information content (AvgIpc) is 3.00. The third kappa shape index (κ3) is 2.46. The quantitative estimate of drug-likeness (QED) is 0.613. The van der Waals surface area contributed by atoms with E-state index in [1.165, 1.54) is 16.5 Å². The van der Waals surface area contributed by atoms with E-state index in [9.17, 15) is 0 Å². The second kappa shape index (κ2) is 5.26. The molecule has 4 aromatic rings. The highest BCUT2D eigenvalue weighted by atomic mass is 14.9. The highest BCUT2D eigenvalue weighted by Gasteiger charge is 2.02. The lowest BCUT2D eigenvalue weighted by Crippen LogP contribution is -1.92. The molecule has 0 atom stereocenters. The van der Waals surface area contributed by atoms with Gasteiger partial charge in [0.2, 0.25) is 0 Å². The van der Waals surface area contributed by atoms with Crippen LogP contribution >= 0.6 is 0 Å². The van der Waals surface area contributed by atoms with E-state index in [1.807, 2.05) is 6.92 Å². The number of aromatic nitrogens is 3. The van der Waals surface area contributed by atoms with Crippen LogP contribution in [0.1, 0.15) is 16.8 Å². The molecule has 108 valence electrons. The second-order valence-electron chi connectivity index (χ2n) is 5.73. The van der Waals surface area contributed by atoms with Crippen molar-refractivity contribution in [1.82, 2.24) is 15.0 Å². The Hall–Kier alpha value is -2.68. The Kier molecular flexibility index (Phi) is 3.11. The minimum atomic E-state index is 1.02. The molecule has 0 unspecified atom stereocenters. The molecule has 0 bridgehead atoms. The molecule has 2 aromatic carbocycles. The highest BCUT2D eigenvalue weighted by Crippen LogP contribution is 2.18. The number of fused-ring (bicyclic) bond motifs is 2. The molecule has 0 spiro atoms. The Morgan fingerprint density at radius 3 is 2.50 bits per heavy atom. The maximum atomic E-state index is 4.55. The number of hydrogen-bond donors (Lipinski definition) is 1. The fourth-order valence-electron chi connectivity index (χ4n) is 2.86. The van der Waals surface area contributed by atoms with Gasteiger partial charge in [-0.15, -0.1) is 0 Å². The van der Waals surface area contributed by atoms with Gasteiger partial charge >= 0.3 is 0 Å². The SMILES string of the molecule is Cc1ccc2cc(CCc3ccc4nc[nH]c4c3)ccc2n1. The molecule has 1 N–H and O–H groups in total. The van der Waals surface area contributed by atoms with Gasteiger partial charge in [0.15, 0.2) is 0 Å². The summed E-state index contributed by atoms with van der Waals surface area (Å²) in [5.74, 6) is 0. The van der Waals surface area contributed by atoms with Gasteiger partial charge < -0.3 is 4.98 Å². The smallest absolute Gasteiger partial charge is 0.0931 e. The molecular formula is C19H17N3. The fourth-order valence-corrected chi connectivity index (χ4v) is 2.86. The Bertz CT molecular complexity index is 953. The lowest BCUT2D eigenvalue weighted by atomic mass is 10.0. The molecule has 0 fully saturated rings. The summed E-state index contributed by atoms with van der Waals surface area (Å²) in [5, 5.41) is 1.21. The highest BCUT2D eigenvalue weighted by molar-refractivity contribution is 5.79. The minimum Gasteiger partial charge on any atom is -0.345 e. The predicted molar refractivity (Wildman–Crippen MR) is 90.0 cm³/mol. The number of pyridine rings is 1. The lowest BCUT2D eigenvalue weighted by Gasteiger charge is -2.05. The third-order valence-corrected chi connectivity index (χ3v) is 4.08. The van der Waals surface area contributed by atoms with Gasteiger partial charge in [-0.25, -0.2) is 4.98 Å². The van der Waals surface area contributed by atoms with Gasteiger partial charge in [0.1, 0.15) is 0 Å². The molecule has 0 aliphatic carbocycles. The van der Waals surface area contributed by atoms with Crippen LogP contribution in [0.2, 0.25) is 0 Å². The molecule has 2 heterocycles. The van der Waals surface area contributed by atoms with Crippen LogP contribution in [-0.4, -0.2) is 15.0 Å². The molecule has 2 aromatic heterocycles. The monoisotopic (exact) mass is 287 g/mol. The van der Waals surface area contributed by atoms with Crippen molar-refractivity contribution in [3.8, 4) is 0 Å². The van der Waals surface area contributed by atoms with Gasteiger partial charge in [0.05, 0.1) is 22.9 Å². The van der Waals surface area contributed by atoms with Crippen LogP contribution in [0.4, 0.5) is 0 Å². The summed E-state index contributed by atoms with van der Waals surface area (Å²) in [7, 11) is 0. The third-order valence-electron chi connectivity index (χ3n) is 4.08. The Morgan fingerprint density at radius 2 is 1.64 bits per heavy atom. The summed E-state index contributed by atoms with van der Waals surface area (Å²) in [4.78, 5) is 12.0. The van der Waals surface area contributed by atoms with E-state index in [4.69, 9.17) is 0 Å². The minimum absolute atomic E-state index is 1.02. The van der Waals surface area contributed by atoms with Crippen molar-refractivity contribution < 1.29 is 0 Å². The van der Waals surface area contributed by atoms with Crippen molar-refractivity contribution in [2.24, 2.45) is 0 Å². The molecule has 0 saturated carbocycles. The van der Waals surface area contributed by atoms with Gasteiger partial charge in [-0.2, -0.15) is 0 Å². The molecule has 22 heavy (non-hydrogen) atoms. The number of nitrogens with zero attached hydrogens (tertiary/aromatic N) is 2. The maximum absolute atomic E-state index is 4.55. The molecule has 0 radical (unpaired) electrons. The average molecular weight is 287 g/mol. The van der Waals surface area contributed by atoms with Gasteiger partial charge in [0, 0.05) is 11.1 Å². The number of aromatic amines is 1. The second-order valence-corrected chi connectivity index (χ2v) is 5.73. The normalized spacial score (nSPS) is 11.3. The van der Waals surface area contributed by atoms with E-state index in [1.54, 1.807) is 6.33 Å². The van der Waals surface area contributed by atoms with Crippen molar-refractivity contribution in [3.05, 3.63) is 71.7 Å². The van der Waals surface area contributed by atoms with Gasteiger partial charge in [-0.1, -0.05) is 18.2 Å². The number of hydrogen-bond acceptors (Lipinski definition) is 2. The van der Waals surface area contributed by atoms with Crippen molar-refractivity contribution in [2.75, 3.05) is 0 Å². The summed E-state index contributed by atoms with van der Waals surface area (Å²) in [6.45, 7) is 2.03. The molecule has 3 heteroatoms. The van der Waals surface area contributed by atoms with Crippen molar-refractivity contribution in [1.29, 1.82) is 0 Å². The number of H-pyrrole nitrogens is 1. The van der Waals surface area contributed by atoms with E-state index >= 15 is 0 Å². The molecule has 4 rings (SSSR count). The predicted octanol–water partition coefficient (Wildman–Crippen LogP) is 4.20. The van der Waals surface area contributed by atoms with Crippen LogP contribution < -0.4 is 0 Å². The van der Waals surface area contributed by atoms with Crippen molar-refractivity contribution in [3.63, 3.8) is 0 Å². The molecule has 0 amide bonds. The first kappa shape index (κ1) is 13.0. The number of nitrogens with one attached hydrogen (secondary N) is 1. The Labute approximate surface area is 129 Å². The number of imidazole rings is 1. The standard InChI is InChI=1S/C19H17N3/c1-13-2-7-16-10-14(5-8-17(16)22-13)3-4-15-6-9-18-19(11-15)21-12-20-18/h2,5-12H,3-4H2,1H3,(H,20,21).